The monoisotopic (exact) mass is 542 g/mol. The van der Waals surface area contributed by atoms with Gasteiger partial charge in [-0.15, -0.1) is 0 Å². The van der Waals surface area contributed by atoms with Crippen LogP contribution in [-0.2, 0) is 14.8 Å². The average molecular weight is 543 g/mol. The molecule has 3 aromatic carbocycles. The van der Waals surface area contributed by atoms with Gasteiger partial charge >= 0.3 is 0 Å². The van der Waals surface area contributed by atoms with E-state index in [4.69, 9.17) is 0 Å². The van der Waals surface area contributed by atoms with Crippen LogP contribution in [-0.4, -0.2) is 41.2 Å². The lowest BCUT2D eigenvalue weighted by Crippen LogP contribution is -2.39. The first-order valence-corrected chi connectivity index (χ1v) is 12.8. The predicted molar refractivity (Wildman–Crippen MR) is 141 cm³/mol. The average Bonchev–Trinajstić information content (AvgIpc) is 2.77. The van der Waals surface area contributed by atoms with E-state index < -0.39 is 22.5 Å². The van der Waals surface area contributed by atoms with E-state index in [1.807, 2.05) is 57.1 Å². The summed E-state index contributed by atoms with van der Waals surface area (Å²) in [6, 6.07) is 19.2. The second-order valence-corrected chi connectivity index (χ2v) is 10.8. The molecule has 0 heterocycles. The number of hydrogen-bond donors (Lipinski definition) is 1. The number of carbonyl (C=O) groups is 1. The summed E-state index contributed by atoms with van der Waals surface area (Å²) < 4.78 is 28.8. The molecule has 0 saturated heterocycles. The number of amides is 1. The summed E-state index contributed by atoms with van der Waals surface area (Å²) in [5.74, 6) is -0.558. The van der Waals surface area contributed by atoms with Crippen molar-refractivity contribution in [3.05, 3.63) is 87.9 Å². The van der Waals surface area contributed by atoms with Crippen molar-refractivity contribution in [3.63, 3.8) is 0 Å². The smallest absolute Gasteiger partial charge is 0.264 e. The topological polar surface area (TPSA) is 82.1 Å². The molecule has 0 aromatic heterocycles. The highest BCUT2D eigenvalue weighted by Gasteiger charge is 2.27. The van der Waals surface area contributed by atoms with Gasteiger partial charge in [0.1, 0.15) is 6.54 Å². The van der Waals surface area contributed by atoms with Crippen LogP contribution in [0.25, 0.3) is 0 Å². The summed E-state index contributed by atoms with van der Waals surface area (Å²) in [7, 11) is -0.0823. The summed E-state index contributed by atoms with van der Waals surface area (Å²) in [5, 5.41) is 4.01. The molecule has 3 aromatic rings. The summed E-state index contributed by atoms with van der Waals surface area (Å²) in [6.07, 6.45) is 1.51. The van der Waals surface area contributed by atoms with E-state index in [-0.39, 0.29) is 4.90 Å². The standard InChI is InChI=1S/C25H27BrN4O3S/c1-18-8-11-22(12-9-18)34(32,33)30(21-7-5-6-19(2)14-21)17-25(31)28-27-16-20-10-13-24(29(3)4)23(26)15-20/h5-16H,17H2,1-4H3,(H,28,31)/b27-16-. The number of hydrogen-bond acceptors (Lipinski definition) is 5. The zero-order valence-electron chi connectivity index (χ0n) is 19.5. The van der Waals surface area contributed by atoms with Crippen molar-refractivity contribution in [2.24, 2.45) is 5.10 Å². The number of benzene rings is 3. The molecule has 0 atom stereocenters. The van der Waals surface area contributed by atoms with Crippen LogP contribution in [0, 0.1) is 13.8 Å². The molecule has 0 fully saturated rings. The first kappa shape index (κ1) is 25.5. The van der Waals surface area contributed by atoms with Crippen molar-refractivity contribution >= 4 is 49.4 Å². The fourth-order valence-electron chi connectivity index (χ4n) is 3.25. The molecule has 0 aliphatic carbocycles. The quantitative estimate of drug-likeness (QED) is 0.336. The number of sulfonamides is 1. The Bertz CT molecular complexity index is 1310. The minimum atomic E-state index is -3.97. The van der Waals surface area contributed by atoms with Gasteiger partial charge in [0.2, 0.25) is 0 Å². The van der Waals surface area contributed by atoms with Crippen LogP contribution in [0.3, 0.4) is 0 Å². The third-order valence-electron chi connectivity index (χ3n) is 5.04. The lowest BCUT2D eigenvalue weighted by Gasteiger charge is -2.24. The Hall–Kier alpha value is -3.17. The maximum atomic E-state index is 13.4. The predicted octanol–water partition coefficient (Wildman–Crippen LogP) is 4.48. The second kappa shape index (κ2) is 10.8. The maximum absolute atomic E-state index is 13.4. The van der Waals surface area contributed by atoms with Gasteiger partial charge in [-0.3, -0.25) is 9.10 Å². The van der Waals surface area contributed by atoms with Gasteiger partial charge in [0.25, 0.3) is 15.9 Å². The molecular weight excluding hydrogens is 516 g/mol. The van der Waals surface area contributed by atoms with Crippen LogP contribution in [0.1, 0.15) is 16.7 Å². The lowest BCUT2D eigenvalue weighted by atomic mass is 10.2. The van der Waals surface area contributed by atoms with Gasteiger partial charge in [-0.05, 0) is 77.3 Å². The van der Waals surface area contributed by atoms with E-state index in [1.54, 1.807) is 42.5 Å². The zero-order chi connectivity index (χ0) is 24.9. The molecule has 3 rings (SSSR count). The summed E-state index contributed by atoms with van der Waals surface area (Å²) in [6.45, 7) is 3.33. The second-order valence-electron chi connectivity index (χ2n) is 8.06. The third kappa shape index (κ3) is 6.24. The highest BCUT2D eigenvalue weighted by molar-refractivity contribution is 9.10. The number of aryl methyl sites for hydroxylation is 2. The fourth-order valence-corrected chi connectivity index (χ4v) is 5.41. The van der Waals surface area contributed by atoms with Crippen LogP contribution < -0.4 is 14.6 Å². The van der Waals surface area contributed by atoms with Crippen LogP contribution in [0.2, 0.25) is 0 Å². The Morgan fingerprint density at radius 2 is 1.71 bits per heavy atom. The highest BCUT2D eigenvalue weighted by atomic mass is 79.9. The van der Waals surface area contributed by atoms with Crippen molar-refractivity contribution in [1.29, 1.82) is 0 Å². The molecule has 0 bridgehead atoms. The molecule has 9 heteroatoms. The summed E-state index contributed by atoms with van der Waals surface area (Å²) >= 11 is 3.52. The Morgan fingerprint density at radius 1 is 1.00 bits per heavy atom. The van der Waals surface area contributed by atoms with Gasteiger partial charge in [0.15, 0.2) is 0 Å². The molecule has 0 radical (unpaired) electrons. The number of halogens is 1. The number of carbonyl (C=O) groups excluding carboxylic acids is 1. The van der Waals surface area contributed by atoms with E-state index >= 15 is 0 Å². The van der Waals surface area contributed by atoms with Crippen LogP contribution in [0.5, 0.6) is 0 Å². The van der Waals surface area contributed by atoms with Gasteiger partial charge in [-0.1, -0.05) is 35.9 Å². The van der Waals surface area contributed by atoms with Gasteiger partial charge in [0, 0.05) is 18.6 Å². The molecule has 178 valence electrons. The normalized spacial score (nSPS) is 11.4. The van der Waals surface area contributed by atoms with E-state index in [0.29, 0.717) is 5.69 Å². The molecule has 7 nitrogen and oxygen atoms in total. The lowest BCUT2D eigenvalue weighted by molar-refractivity contribution is -0.119. The molecule has 0 saturated carbocycles. The number of rotatable bonds is 8. The first-order valence-electron chi connectivity index (χ1n) is 10.5. The maximum Gasteiger partial charge on any atom is 0.264 e. The number of hydrazone groups is 1. The number of anilines is 2. The first-order chi connectivity index (χ1) is 16.1. The highest BCUT2D eigenvalue weighted by Crippen LogP contribution is 2.26. The van der Waals surface area contributed by atoms with Crippen molar-refractivity contribution in [1.82, 2.24) is 5.43 Å². The zero-order valence-corrected chi connectivity index (χ0v) is 21.9. The molecule has 34 heavy (non-hydrogen) atoms. The van der Waals surface area contributed by atoms with Crippen molar-refractivity contribution < 1.29 is 13.2 Å². The minimum absolute atomic E-state index is 0.113. The Labute approximate surface area is 209 Å². The fraction of sp³-hybridized carbons (Fsp3) is 0.200. The Kier molecular flexibility index (Phi) is 8.11. The molecule has 0 aliphatic rings. The minimum Gasteiger partial charge on any atom is -0.377 e. The molecule has 0 unspecified atom stereocenters. The number of nitrogens with one attached hydrogen (secondary N) is 1. The largest absolute Gasteiger partial charge is 0.377 e. The number of nitrogens with zero attached hydrogens (tertiary/aromatic N) is 3. The third-order valence-corrected chi connectivity index (χ3v) is 7.47. The SMILES string of the molecule is Cc1ccc(S(=O)(=O)N(CC(=O)N/N=C\c2ccc(N(C)C)c(Br)c2)c2cccc(C)c2)cc1. The van der Waals surface area contributed by atoms with Crippen molar-refractivity contribution in [2.75, 3.05) is 29.8 Å². The van der Waals surface area contributed by atoms with Gasteiger partial charge in [0.05, 0.1) is 22.5 Å². The van der Waals surface area contributed by atoms with Gasteiger partial charge in [-0.2, -0.15) is 5.10 Å². The Balaban J connectivity index is 1.81. The van der Waals surface area contributed by atoms with Crippen molar-refractivity contribution in [3.8, 4) is 0 Å². The van der Waals surface area contributed by atoms with E-state index in [0.717, 1.165) is 31.2 Å². The molecule has 0 spiro atoms. The molecule has 1 amide bonds. The summed E-state index contributed by atoms with van der Waals surface area (Å²) in [4.78, 5) is 14.8. The van der Waals surface area contributed by atoms with Gasteiger partial charge in [-0.25, -0.2) is 13.8 Å². The van der Waals surface area contributed by atoms with E-state index in [9.17, 15) is 13.2 Å². The summed E-state index contributed by atoms with van der Waals surface area (Å²) in [5.41, 5.74) is 6.45. The van der Waals surface area contributed by atoms with E-state index in [1.165, 1.54) is 6.21 Å². The van der Waals surface area contributed by atoms with Crippen molar-refractivity contribution in [2.45, 2.75) is 18.7 Å². The molecule has 0 aliphatic heterocycles. The molecular formula is C25H27BrN4O3S. The Morgan fingerprint density at radius 3 is 2.32 bits per heavy atom. The van der Waals surface area contributed by atoms with Crippen LogP contribution >= 0.6 is 15.9 Å². The van der Waals surface area contributed by atoms with Crippen LogP contribution in [0.15, 0.2) is 81.2 Å². The molecule has 1 N–H and O–H groups in total. The van der Waals surface area contributed by atoms with E-state index in [2.05, 4.69) is 26.5 Å². The van der Waals surface area contributed by atoms with Crippen LogP contribution in [0.4, 0.5) is 11.4 Å². The van der Waals surface area contributed by atoms with Gasteiger partial charge < -0.3 is 4.90 Å².